The van der Waals surface area contributed by atoms with Gasteiger partial charge in [-0.05, 0) is 12.0 Å². The SMILES string of the molecule is O=CCC#Cc1cc(C(=O)O)c(F)cn1. The number of aromatic nitrogens is 1. The molecule has 0 aliphatic heterocycles. The Labute approximate surface area is 84.8 Å². The number of nitrogens with zero attached hydrogens (tertiary/aromatic N) is 1. The molecule has 76 valence electrons. The summed E-state index contributed by atoms with van der Waals surface area (Å²) in [6.07, 6.45) is 1.42. The quantitative estimate of drug-likeness (QED) is 0.576. The van der Waals surface area contributed by atoms with Crippen molar-refractivity contribution < 1.29 is 19.1 Å². The molecule has 0 aliphatic rings. The van der Waals surface area contributed by atoms with Crippen molar-refractivity contribution in [2.45, 2.75) is 6.42 Å². The molecule has 0 saturated carbocycles. The molecular formula is C10H6FNO3. The number of carboxylic acid groups (broad SMARTS) is 1. The molecule has 0 amide bonds. The van der Waals surface area contributed by atoms with Crippen LogP contribution in [0.2, 0.25) is 0 Å². The summed E-state index contributed by atoms with van der Waals surface area (Å²) in [6.45, 7) is 0. The second-order valence-electron chi connectivity index (χ2n) is 2.53. The Morgan fingerprint density at radius 3 is 3.00 bits per heavy atom. The van der Waals surface area contributed by atoms with E-state index in [9.17, 15) is 14.0 Å². The lowest BCUT2D eigenvalue weighted by Crippen LogP contribution is -2.02. The van der Waals surface area contributed by atoms with E-state index in [2.05, 4.69) is 16.8 Å². The van der Waals surface area contributed by atoms with Gasteiger partial charge in [0.25, 0.3) is 0 Å². The summed E-state index contributed by atoms with van der Waals surface area (Å²) in [5, 5.41) is 8.59. The highest BCUT2D eigenvalue weighted by molar-refractivity contribution is 5.88. The second-order valence-corrected chi connectivity index (χ2v) is 2.53. The molecule has 1 aromatic rings. The molecule has 4 nitrogen and oxygen atoms in total. The van der Waals surface area contributed by atoms with Crippen molar-refractivity contribution in [1.29, 1.82) is 0 Å². The summed E-state index contributed by atoms with van der Waals surface area (Å²) in [7, 11) is 0. The Kier molecular flexibility index (Phi) is 3.52. The molecule has 0 aromatic carbocycles. The normalized spacial score (nSPS) is 8.87. The number of hydrogen-bond donors (Lipinski definition) is 1. The van der Waals surface area contributed by atoms with Crippen LogP contribution in [-0.2, 0) is 4.79 Å². The third-order valence-electron chi connectivity index (χ3n) is 1.49. The molecule has 0 bridgehead atoms. The second kappa shape index (κ2) is 4.86. The smallest absolute Gasteiger partial charge is 0.338 e. The molecule has 0 fully saturated rings. The molecule has 15 heavy (non-hydrogen) atoms. The van der Waals surface area contributed by atoms with E-state index in [0.29, 0.717) is 6.29 Å². The maximum atomic E-state index is 12.9. The van der Waals surface area contributed by atoms with Crippen LogP contribution in [-0.4, -0.2) is 22.3 Å². The van der Waals surface area contributed by atoms with E-state index in [4.69, 9.17) is 5.11 Å². The van der Waals surface area contributed by atoms with E-state index in [1.807, 2.05) is 0 Å². The molecular weight excluding hydrogens is 201 g/mol. The Bertz CT molecular complexity index is 459. The predicted molar refractivity (Wildman–Crippen MR) is 48.7 cm³/mol. The molecule has 5 heteroatoms. The minimum Gasteiger partial charge on any atom is -0.478 e. The van der Waals surface area contributed by atoms with E-state index in [1.165, 1.54) is 0 Å². The maximum absolute atomic E-state index is 12.9. The zero-order valence-electron chi connectivity index (χ0n) is 7.53. The Hall–Kier alpha value is -2.22. The van der Waals surface area contributed by atoms with Gasteiger partial charge in [-0.2, -0.15) is 0 Å². The molecule has 1 rings (SSSR count). The van der Waals surface area contributed by atoms with Gasteiger partial charge in [-0.25, -0.2) is 14.2 Å². The highest BCUT2D eigenvalue weighted by Crippen LogP contribution is 2.06. The third kappa shape index (κ3) is 2.88. The first-order chi connectivity index (χ1) is 7.15. The van der Waals surface area contributed by atoms with Crippen LogP contribution >= 0.6 is 0 Å². The van der Waals surface area contributed by atoms with Crippen LogP contribution in [0.1, 0.15) is 22.5 Å². The van der Waals surface area contributed by atoms with Gasteiger partial charge in [-0.15, -0.1) is 0 Å². The zero-order valence-corrected chi connectivity index (χ0v) is 7.53. The van der Waals surface area contributed by atoms with Crippen LogP contribution in [0.5, 0.6) is 0 Å². The molecule has 1 heterocycles. The van der Waals surface area contributed by atoms with Gasteiger partial charge < -0.3 is 9.90 Å². The number of pyridine rings is 1. The van der Waals surface area contributed by atoms with Gasteiger partial charge in [-0.1, -0.05) is 5.92 Å². The summed E-state index contributed by atoms with van der Waals surface area (Å²) >= 11 is 0. The molecule has 0 saturated heterocycles. The number of rotatable bonds is 2. The van der Waals surface area contributed by atoms with Gasteiger partial charge in [-0.3, -0.25) is 0 Å². The number of hydrogen-bond acceptors (Lipinski definition) is 3. The van der Waals surface area contributed by atoms with Gasteiger partial charge in [0.2, 0.25) is 0 Å². The maximum Gasteiger partial charge on any atom is 0.338 e. The predicted octanol–water partition coefficient (Wildman–Crippen LogP) is 0.859. The van der Waals surface area contributed by atoms with E-state index in [1.54, 1.807) is 0 Å². The zero-order chi connectivity index (χ0) is 11.3. The van der Waals surface area contributed by atoms with Crippen LogP contribution < -0.4 is 0 Å². The van der Waals surface area contributed by atoms with E-state index < -0.39 is 17.3 Å². The average molecular weight is 207 g/mol. The molecule has 0 aliphatic carbocycles. The largest absolute Gasteiger partial charge is 0.478 e. The highest BCUT2D eigenvalue weighted by atomic mass is 19.1. The lowest BCUT2D eigenvalue weighted by atomic mass is 10.2. The van der Waals surface area contributed by atoms with Gasteiger partial charge in [0, 0.05) is 0 Å². The van der Waals surface area contributed by atoms with E-state index in [0.717, 1.165) is 12.3 Å². The third-order valence-corrected chi connectivity index (χ3v) is 1.49. The lowest BCUT2D eigenvalue weighted by Gasteiger charge is -1.96. The average Bonchev–Trinajstić information content (AvgIpc) is 2.20. The van der Waals surface area contributed by atoms with Crippen LogP contribution in [0.15, 0.2) is 12.3 Å². The minimum atomic E-state index is -1.38. The van der Waals surface area contributed by atoms with Crippen molar-refractivity contribution in [3.8, 4) is 11.8 Å². The van der Waals surface area contributed by atoms with Gasteiger partial charge in [0.15, 0.2) is 5.82 Å². The Morgan fingerprint density at radius 1 is 1.67 bits per heavy atom. The highest BCUT2D eigenvalue weighted by Gasteiger charge is 2.10. The van der Waals surface area contributed by atoms with Crippen LogP contribution in [0.4, 0.5) is 4.39 Å². The number of carbonyl (C=O) groups excluding carboxylic acids is 1. The fourth-order valence-corrected chi connectivity index (χ4v) is 0.854. The molecule has 1 N–H and O–H groups in total. The molecule has 0 radical (unpaired) electrons. The van der Waals surface area contributed by atoms with Crippen molar-refractivity contribution in [3.05, 3.63) is 29.3 Å². The van der Waals surface area contributed by atoms with Gasteiger partial charge in [0.05, 0.1) is 18.2 Å². The van der Waals surface area contributed by atoms with Crippen LogP contribution in [0.25, 0.3) is 0 Å². The molecule has 0 atom stereocenters. The van der Waals surface area contributed by atoms with Crippen LogP contribution in [0.3, 0.4) is 0 Å². The molecule has 0 spiro atoms. The fraction of sp³-hybridized carbons (Fsp3) is 0.100. The van der Waals surface area contributed by atoms with E-state index >= 15 is 0 Å². The number of halogens is 1. The minimum absolute atomic E-state index is 0.0292. The summed E-state index contributed by atoms with van der Waals surface area (Å²) in [6, 6.07) is 1.02. The Morgan fingerprint density at radius 2 is 2.40 bits per heavy atom. The van der Waals surface area contributed by atoms with Crippen molar-refractivity contribution in [1.82, 2.24) is 4.98 Å². The molecule has 0 unspecified atom stereocenters. The Balaban J connectivity index is 3.04. The monoisotopic (exact) mass is 207 g/mol. The summed E-state index contributed by atoms with van der Waals surface area (Å²) in [5.74, 6) is 2.59. The van der Waals surface area contributed by atoms with Gasteiger partial charge in [0.1, 0.15) is 12.0 Å². The number of aromatic carboxylic acids is 1. The molecule has 1 aromatic heterocycles. The first kappa shape index (κ1) is 10.9. The summed E-state index contributed by atoms with van der Waals surface area (Å²) < 4.78 is 12.9. The van der Waals surface area contributed by atoms with Crippen LogP contribution in [0, 0.1) is 17.7 Å². The standard InChI is InChI=1S/C10H6FNO3/c11-9-6-12-7(3-1-2-4-13)5-8(9)10(14)15/h4-6H,2H2,(H,14,15). The summed E-state index contributed by atoms with van der Waals surface area (Å²) in [5.41, 5.74) is -0.365. The first-order valence-electron chi connectivity index (χ1n) is 3.96. The number of carbonyl (C=O) groups is 2. The lowest BCUT2D eigenvalue weighted by molar-refractivity contribution is -0.107. The van der Waals surface area contributed by atoms with Crippen molar-refractivity contribution in [3.63, 3.8) is 0 Å². The fourth-order valence-electron chi connectivity index (χ4n) is 0.854. The summed E-state index contributed by atoms with van der Waals surface area (Å²) in [4.78, 5) is 24.0. The topological polar surface area (TPSA) is 67.3 Å². The first-order valence-corrected chi connectivity index (χ1v) is 3.96. The van der Waals surface area contributed by atoms with E-state index in [-0.39, 0.29) is 12.1 Å². The van der Waals surface area contributed by atoms with Gasteiger partial charge >= 0.3 is 5.97 Å². The van der Waals surface area contributed by atoms with Crippen molar-refractivity contribution >= 4 is 12.3 Å². The van der Waals surface area contributed by atoms with Crippen molar-refractivity contribution in [2.24, 2.45) is 0 Å². The number of carboxylic acids is 1. The number of aldehydes is 1. The van der Waals surface area contributed by atoms with Crippen molar-refractivity contribution in [2.75, 3.05) is 0 Å².